The first kappa shape index (κ1) is 17.2. The van der Waals surface area contributed by atoms with Crippen LogP contribution in [-0.2, 0) is 14.3 Å². The normalized spacial score (nSPS) is 20.8. The zero-order valence-corrected chi connectivity index (χ0v) is 14.0. The minimum absolute atomic E-state index is 0.0361. The van der Waals surface area contributed by atoms with Crippen LogP contribution < -0.4 is 11.1 Å². The maximum Gasteiger partial charge on any atom is 0.316 e. The van der Waals surface area contributed by atoms with Gasteiger partial charge in [0.15, 0.2) is 4.34 Å². The molecule has 0 aromatic carbocycles. The molecule has 0 spiro atoms. The monoisotopic (exact) mass is 344 g/mol. The number of carbonyl (C=O) groups is 2. The van der Waals surface area contributed by atoms with E-state index in [-0.39, 0.29) is 29.5 Å². The Morgan fingerprint density at radius 1 is 1.45 bits per heavy atom. The van der Waals surface area contributed by atoms with Crippen LogP contribution in [0.5, 0.6) is 0 Å². The maximum absolute atomic E-state index is 12.2. The van der Waals surface area contributed by atoms with Crippen molar-refractivity contribution in [3.05, 3.63) is 0 Å². The molecular formula is C13H20N4O3S2. The highest BCUT2D eigenvalue weighted by Gasteiger charge is 2.32. The summed E-state index contributed by atoms with van der Waals surface area (Å²) in [7, 11) is 0. The molecule has 2 atom stereocenters. The van der Waals surface area contributed by atoms with Gasteiger partial charge in [-0.2, -0.15) is 0 Å². The number of anilines is 1. The van der Waals surface area contributed by atoms with Crippen LogP contribution in [0.15, 0.2) is 4.34 Å². The van der Waals surface area contributed by atoms with Gasteiger partial charge in [-0.25, -0.2) is 0 Å². The van der Waals surface area contributed by atoms with Gasteiger partial charge in [0.25, 0.3) is 0 Å². The van der Waals surface area contributed by atoms with E-state index in [0.717, 1.165) is 19.3 Å². The highest BCUT2D eigenvalue weighted by molar-refractivity contribution is 8.01. The van der Waals surface area contributed by atoms with Crippen molar-refractivity contribution in [3.8, 4) is 0 Å². The highest BCUT2D eigenvalue weighted by Crippen LogP contribution is 2.32. The molecule has 7 nitrogen and oxygen atoms in total. The smallest absolute Gasteiger partial charge is 0.316 e. The van der Waals surface area contributed by atoms with Crippen LogP contribution >= 0.6 is 23.1 Å². The van der Waals surface area contributed by atoms with Crippen molar-refractivity contribution in [3.63, 3.8) is 0 Å². The Kier molecular flexibility index (Phi) is 6.59. The van der Waals surface area contributed by atoms with E-state index in [1.54, 1.807) is 6.92 Å². The SMILES string of the molecule is CCOC(=O)CSc1nnc(NC(=O)[C@@H]2CCC[C@@H]2CN)s1. The lowest BCUT2D eigenvalue weighted by molar-refractivity contribution is -0.139. The van der Waals surface area contributed by atoms with Crippen molar-refractivity contribution in [1.29, 1.82) is 0 Å². The number of rotatable bonds is 7. The number of ether oxygens (including phenoxy) is 1. The summed E-state index contributed by atoms with van der Waals surface area (Å²) in [6.07, 6.45) is 2.92. The van der Waals surface area contributed by atoms with E-state index in [1.165, 1.54) is 23.1 Å². The van der Waals surface area contributed by atoms with Crippen LogP contribution in [0.3, 0.4) is 0 Å². The van der Waals surface area contributed by atoms with Gasteiger partial charge in [0.2, 0.25) is 11.0 Å². The number of amides is 1. The minimum atomic E-state index is -0.287. The molecule has 1 amide bonds. The average Bonchev–Trinajstić information content (AvgIpc) is 3.14. The molecule has 1 aliphatic carbocycles. The largest absolute Gasteiger partial charge is 0.465 e. The van der Waals surface area contributed by atoms with Crippen molar-refractivity contribution in [2.45, 2.75) is 30.5 Å². The quantitative estimate of drug-likeness (QED) is 0.438. The molecule has 9 heteroatoms. The van der Waals surface area contributed by atoms with E-state index in [9.17, 15) is 9.59 Å². The summed E-state index contributed by atoms with van der Waals surface area (Å²) in [6.45, 7) is 2.66. The maximum atomic E-state index is 12.2. The molecule has 0 aliphatic heterocycles. The van der Waals surface area contributed by atoms with Crippen molar-refractivity contribution in [2.75, 3.05) is 24.2 Å². The molecule has 2 rings (SSSR count). The van der Waals surface area contributed by atoms with Gasteiger partial charge in [-0.3, -0.25) is 9.59 Å². The molecule has 122 valence electrons. The standard InChI is InChI=1S/C13H20N4O3S2/c1-2-20-10(18)7-21-13-17-16-12(22-13)15-11(19)9-5-3-4-8(9)6-14/h8-9H,2-7,14H2,1H3,(H,15,16,19)/t8-,9-/m1/s1. The Morgan fingerprint density at radius 3 is 3.00 bits per heavy atom. The van der Waals surface area contributed by atoms with E-state index in [0.29, 0.717) is 22.6 Å². The molecule has 0 radical (unpaired) electrons. The van der Waals surface area contributed by atoms with Gasteiger partial charge in [0.05, 0.1) is 12.4 Å². The van der Waals surface area contributed by atoms with Gasteiger partial charge in [0, 0.05) is 5.92 Å². The lowest BCUT2D eigenvalue weighted by Crippen LogP contribution is -2.29. The predicted molar refractivity (Wildman–Crippen MR) is 85.8 cm³/mol. The lowest BCUT2D eigenvalue weighted by Gasteiger charge is -2.15. The Hall–Kier alpha value is -1.19. The number of hydrogen-bond acceptors (Lipinski definition) is 8. The van der Waals surface area contributed by atoms with E-state index < -0.39 is 0 Å². The van der Waals surface area contributed by atoms with Gasteiger partial charge in [-0.15, -0.1) is 10.2 Å². The Bertz CT molecular complexity index is 523. The third-order valence-corrected chi connectivity index (χ3v) is 5.50. The van der Waals surface area contributed by atoms with Gasteiger partial charge >= 0.3 is 5.97 Å². The number of carbonyl (C=O) groups excluding carboxylic acids is 2. The number of hydrogen-bond donors (Lipinski definition) is 2. The summed E-state index contributed by atoms with van der Waals surface area (Å²) in [5.41, 5.74) is 5.70. The fourth-order valence-corrected chi connectivity index (χ4v) is 4.06. The van der Waals surface area contributed by atoms with Crippen LogP contribution in [0.1, 0.15) is 26.2 Å². The summed E-state index contributed by atoms with van der Waals surface area (Å²) < 4.78 is 5.47. The first-order valence-corrected chi connectivity index (χ1v) is 9.07. The zero-order valence-electron chi connectivity index (χ0n) is 12.4. The molecule has 1 heterocycles. The third kappa shape index (κ3) is 4.65. The molecular weight excluding hydrogens is 324 g/mol. The van der Waals surface area contributed by atoms with Crippen LogP contribution in [0.2, 0.25) is 0 Å². The zero-order chi connectivity index (χ0) is 15.9. The Morgan fingerprint density at radius 2 is 2.27 bits per heavy atom. The predicted octanol–water partition coefficient (Wildman–Crippen LogP) is 1.51. The second-order valence-electron chi connectivity index (χ2n) is 4.99. The van der Waals surface area contributed by atoms with Gasteiger partial charge in [0.1, 0.15) is 0 Å². The molecule has 0 unspecified atom stereocenters. The molecule has 1 saturated carbocycles. The average molecular weight is 344 g/mol. The number of nitrogens with one attached hydrogen (secondary N) is 1. The summed E-state index contributed by atoms with van der Waals surface area (Å²) in [5.74, 6) is 0.0834. The minimum Gasteiger partial charge on any atom is -0.465 e. The number of aromatic nitrogens is 2. The third-order valence-electron chi connectivity index (χ3n) is 3.55. The molecule has 1 aliphatic rings. The molecule has 22 heavy (non-hydrogen) atoms. The van der Waals surface area contributed by atoms with Crippen molar-refractivity contribution < 1.29 is 14.3 Å². The van der Waals surface area contributed by atoms with Crippen LogP contribution in [0, 0.1) is 11.8 Å². The number of thioether (sulfide) groups is 1. The number of nitrogens with zero attached hydrogens (tertiary/aromatic N) is 2. The molecule has 0 saturated heterocycles. The summed E-state index contributed by atoms with van der Waals surface area (Å²) >= 11 is 2.51. The van der Waals surface area contributed by atoms with E-state index in [1.807, 2.05) is 0 Å². The van der Waals surface area contributed by atoms with Crippen molar-refractivity contribution in [1.82, 2.24) is 10.2 Å². The van der Waals surface area contributed by atoms with E-state index >= 15 is 0 Å². The van der Waals surface area contributed by atoms with Gasteiger partial charge in [-0.05, 0) is 32.2 Å². The topological polar surface area (TPSA) is 107 Å². The molecule has 0 bridgehead atoms. The fourth-order valence-electron chi connectivity index (χ4n) is 2.50. The van der Waals surface area contributed by atoms with Crippen molar-refractivity contribution >= 4 is 40.1 Å². The molecule has 1 aromatic heterocycles. The first-order chi connectivity index (χ1) is 10.6. The first-order valence-electron chi connectivity index (χ1n) is 7.26. The van der Waals surface area contributed by atoms with Crippen LogP contribution in [-0.4, -0.2) is 41.0 Å². The Balaban J connectivity index is 1.84. The van der Waals surface area contributed by atoms with Crippen LogP contribution in [0.25, 0.3) is 0 Å². The van der Waals surface area contributed by atoms with E-state index in [2.05, 4.69) is 15.5 Å². The highest BCUT2D eigenvalue weighted by atomic mass is 32.2. The van der Waals surface area contributed by atoms with Crippen molar-refractivity contribution in [2.24, 2.45) is 17.6 Å². The molecule has 1 fully saturated rings. The van der Waals surface area contributed by atoms with Crippen LogP contribution in [0.4, 0.5) is 5.13 Å². The number of esters is 1. The summed E-state index contributed by atoms with van der Waals surface area (Å²) in [6, 6.07) is 0. The van der Waals surface area contributed by atoms with E-state index in [4.69, 9.17) is 10.5 Å². The number of nitrogens with two attached hydrogens (primary N) is 1. The second kappa shape index (κ2) is 8.44. The second-order valence-corrected chi connectivity index (χ2v) is 7.19. The fraction of sp³-hybridized carbons (Fsp3) is 0.692. The molecule has 3 N–H and O–H groups in total. The molecule has 1 aromatic rings. The van der Waals surface area contributed by atoms with Gasteiger partial charge in [-0.1, -0.05) is 29.5 Å². The summed E-state index contributed by atoms with van der Waals surface area (Å²) in [5, 5.41) is 11.1. The Labute approximate surface area is 137 Å². The lowest BCUT2D eigenvalue weighted by atomic mass is 9.95. The van der Waals surface area contributed by atoms with Gasteiger partial charge < -0.3 is 15.8 Å². The summed E-state index contributed by atoms with van der Waals surface area (Å²) in [4.78, 5) is 23.5.